The summed E-state index contributed by atoms with van der Waals surface area (Å²) in [6.45, 7) is 7.51. The number of nitrogens with zero attached hydrogens (tertiary/aromatic N) is 2. The average Bonchev–Trinajstić information content (AvgIpc) is 2.99. The van der Waals surface area contributed by atoms with Crippen LogP contribution in [-0.2, 0) is 6.54 Å². The van der Waals surface area contributed by atoms with Gasteiger partial charge in [-0.3, -0.25) is 4.90 Å². The molecule has 0 saturated carbocycles. The first-order chi connectivity index (χ1) is 11.7. The Morgan fingerprint density at radius 1 is 1.21 bits per heavy atom. The molecule has 126 valence electrons. The van der Waals surface area contributed by atoms with E-state index in [-0.39, 0.29) is 0 Å². The Hall–Kier alpha value is -2.53. The lowest BCUT2D eigenvalue weighted by Gasteiger charge is -2.21. The Morgan fingerprint density at radius 3 is 2.83 bits per heavy atom. The fraction of sp³-hybridized carbons (Fsp3) is 0.316. The highest BCUT2D eigenvalue weighted by molar-refractivity contribution is 5.77. The van der Waals surface area contributed by atoms with Gasteiger partial charge in [0.1, 0.15) is 5.75 Å². The van der Waals surface area contributed by atoms with Crippen LogP contribution in [-0.4, -0.2) is 39.6 Å². The van der Waals surface area contributed by atoms with Gasteiger partial charge in [-0.15, -0.1) is 0 Å². The maximum atomic E-state index is 10.0. The molecule has 0 fully saturated rings. The van der Waals surface area contributed by atoms with E-state index in [2.05, 4.69) is 27.1 Å². The fourth-order valence-electron chi connectivity index (χ4n) is 2.80. The molecule has 1 heterocycles. The summed E-state index contributed by atoms with van der Waals surface area (Å²) in [5.74, 6) is 1.16. The number of para-hydroxylation sites is 2. The van der Waals surface area contributed by atoms with Gasteiger partial charge in [0.2, 0.25) is 5.95 Å². The van der Waals surface area contributed by atoms with Crippen molar-refractivity contribution in [2.45, 2.75) is 20.4 Å². The van der Waals surface area contributed by atoms with Crippen LogP contribution in [0.1, 0.15) is 18.1 Å². The Morgan fingerprint density at radius 2 is 2.04 bits per heavy atom. The van der Waals surface area contributed by atoms with Crippen molar-refractivity contribution in [2.24, 2.45) is 0 Å². The minimum Gasteiger partial charge on any atom is -0.508 e. The summed E-state index contributed by atoms with van der Waals surface area (Å²) in [6.07, 6.45) is 0. The number of aryl methyl sites for hydroxylation is 1. The number of phenols is 1. The van der Waals surface area contributed by atoms with Gasteiger partial charge in [-0.1, -0.05) is 36.8 Å². The maximum Gasteiger partial charge on any atom is 0.201 e. The van der Waals surface area contributed by atoms with Crippen LogP contribution in [0.25, 0.3) is 11.0 Å². The number of anilines is 1. The van der Waals surface area contributed by atoms with Gasteiger partial charge in [-0.05, 0) is 31.7 Å². The molecule has 0 radical (unpaired) electrons. The van der Waals surface area contributed by atoms with E-state index in [1.165, 1.54) is 5.56 Å². The Balaban J connectivity index is 1.56. The molecule has 0 atom stereocenters. The monoisotopic (exact) mass is 324 g/mol. The Bertz CT molecular complexity index is 779. The summed E-state index contributed by atoms with van der Waals surface area (Å²) >= 11 is 0. The first-order valence-electron chi connectivity index (χ1n) is 8.35. The summed E-state index contributed by atoms with van der Waals surface area (Å²) in [6, 6.07) is 13.7. The number of aromatic nitrogens is 2. The lowest BCUT2D eigenvalue weighted by atomic mass is 10.1. The molecular formula is C19H24N4O. The van der Waals surface area contributed by atoms with E-state index in [0.717, 1.165) is 48.7 Å². The molecular weight excluding hydrogens is 300 g/mol. The minimum atomic E-state index is 0.365. The molecule has 0 aliphatic rings. The molecule has 0 unspecified atom stereocenters. The number of aromatic hydroxyl groups is 1. The van der Waals surface area contributed by atoms with E-state index >= 15 is 0 Å². The summed E-state index contributed by atoms with van der Waals surface area (Å²) in [5, 5.41) is 13.3. The maximum absolute atomic E-state index is 10.0. The summed E-state index contributed by atoms with van der Waals surface area (Å²) in [4.78, 5) is 10.1. The molecule has 3 N–H and O–H groups in total. The van der Waals surface area contributed by atoms with Crippen LogP contribution in [0.5, 0.6) is 5.75 Å². The van der Waals surface area contributed by atoms with Crippen molar-refractivity contribution < 1.29 is 5.11 Å². The van der Waals surface area contributed by atoms with Crippen LogP contribution in [0.3, 0.4) is 0 Å². The van der Waals surface area contributed by atoms with E-state index < -0.39 is 0 Å². The molecule has 5 nitrogen and oxygen atoms in total. The lowest BCUT2D eigenvalue weighted by molar-refractivity contribution is 0.286. The second kappa shape index (κ2) is 7.36. The number of H-pyrrole nitrogens is 1. The first kappa shape index (κ1) is 16.3. The second-order valence-electron chi connectivity index (χ2n) is 6.03. The molecule has 0 aliphatic carbocycles. The quantitative estimate of drug-likeness (QED) is 0.622. The third-order valence-corrected chi connectivity index (χ3v) is 4.19. The van der Waals surface area contributed by atoms with E-state index in [0.29, 0.717) is 5.75 Å². The van der Waals surface area contributed by atoms with Gasteiger partial charge in [0.05, 0.1) is 11.0 Å². The predicted molar refractivity (Wildman–Crippen MR) is 98.4 cm³/mol. The van der Waals surface area contributed by atoms with Gasteiger partial charge in [0, 0.05) is 25.2 Å². The first-order valence-corrected chi connectivity index (χ1v) is 8.35. The number of aromatic amines is 1. The van der Waals surface area contributed by atoms with E-state index in [1.54, 1.807) is 6.07 Å². The lowest BCUT2D eigenvalue weighted by Crippen LogP contribution is -2.28. The zero-order chi connectivity index (χ0) is 16.9. The summed E-state index contributed by atoms with van der Waals surface area (Å²) < 4.78 is 0. The highest BCUT2D eigenvalue weighted by Gasteiger charge is 2.08. The average molecular weight is 324 g/mol. The van der Waals surface area contributed by atoms with Gasteiger partial charge in [-0.25, -0.2) is 4.98 Å². The van der Waals surface area contributed by atoms with E-state index in [9.17, 15) is 5.11 Å². The van der Waals surface area contributed by atoms with Crippen LogP contribution in [0.4, 0.5) is 5.95 Å². The fourth-order valence-corrected chi connectivity index (χ4v) is 2.80. The number of hydrogen-bond donors (Lipinski definition) is 3. The Kier molecular flexibility index (Phi) is 5.01. The molecule has 0 amide bonds. The van der Waals surface area contributed by atoms with Crippen molar-refractivity contribution in [2.75, 3.05) is 25.0 Å². The topological polar surface area (TPSA) is 64.2 Å². The summed E-state index contributed by atoms with van der Waals surface area (Å²) in [7, 11) is 0. The third kappa shape index (κ3) is 3.86. The van der Waals surface area contributed by atoms with Gasteiger partial charge < -0.3 is 15.4 Å². The number of imidazole rings is 1. The Labute approximate surface area is 142 Å². The number of likely N-dealkylation sites (N-methyl/N-ethyl adjacent to an activating group) is 1. The van der Waals surface area contributed by atoms with Crippen molar-refractivity contribution in [1.82, 2.24) is 14.9 Å². The molecule has 3 aromatic rings. The van der Waals surface area contributed by atoms with Crippen molar-refractivity contribution >= 4 is 17.0 Å². The molecule has 24 heavy (non-hydrogen) atoms. The molecule has 0 bridgehead atoms. The minimum absolute atomic E-state index is 0.365. The SMILES string of the molecule is CCN(CCNc1nc2ccccc2[nH]1)Cc1cc(C)ccc1O. The zero-order valence-electron chi connectivity index (χ0n) is 14.2. The molecule has 0 spiro atoms. The van der Waals surface area contributed by atoms with Crippen molar-refractivity contribution in [3.8, 4) is 5.75 Å². The molecule has 0 aliphatic heterocycles. The standard InChI is InChI=1S/C19H24N4O/c1-3-23(13-15-12-14(2)8-9-18(15)24)11-10-20-19-21-16-6-4-5-7-17(16)22-19/h4-9,12,24H,3,10-11,13H2,1-2H3,(H2,20,21,22). The number of fused-ring (bicyclic) bond motifs is 1. The van der Waals surface area contributed by atoms with Gasteiger partial charge in [-0.2, -0.15) is 0 Å². The second-order valence-corrected chi connectivity index (χ2v) is 6.03. The number of phenolic OH excluding ortho intramolecular Hbond substituents is 1. The zero-order valence-corrected chi connectivity index (χ0v) is 14.2. The van der Waals surface area contributed by atoms with Crippen LogP contribution in [0, 0.1) is 6.92 Å². The molecule has 1 aromatic heterocycles. The molecule has 5 heteroatoms. The number of nitrogens with one attached hydrogen (secondary N) is 2. The highest BCUT2D eigenvalue weighted by Crippen LogP contribution is 2.20. The number of rotatable bonds is 7. The third-order valence-electron chi connectivity index (χ3n) is 4.19. The predicted octanol–water partition coefficient (Wildman–Crippen LogP) is 3.51. The molecule has 3 rings (SSSR count). The normalized spacial score (nSPS) is 11.3. The van der Waals surface area contributed by atoms with E-state index in [1.807, 2.05) is 43.3 Å². The highest BCUT2D eigenvalue weighted by atomic mass is 16.3. The smallest absolute Gasteiger partial charge is 0.201 e. The van der Waals surface area contributed by atoms with Crippen LogP contribution in [0.15, 0.2) is 42.5 Å². The van der Waals surface area contributed by atoms with Crippen LogP contribution < -0.4 is 5.32 Å². The number of hydrogen-bond acceptors (Lipinski definition) is 4. The van der Waals surface area contributed by atoms with Gasteiger partial charge >= 0.3 is 0 Å². The van der Waals surface area contributed by atoms with Crippen molar-refractivity contribution in [3.05, 3.63) is 53.6 Å². The largest absolute Gasteiger partial charge is 0.508 e. The summed E-state index contributed by atoms with van der Waals surface area (Å²) in [5.41, 5.74) is 4.15. The van der Waals surface area contributed by atoms with Crippen molar-refractivity contribution in [3.63, 3.8) is 0 Å². The number of benzene rings is 2. The van der Waals surface area contributed by atoms with Gasteiger partial charge in [0.25, 0.3) is 0 Å². The van der Waals surface area contributed by atoms with Crippen LogP contribution in [0.2, 0.25) is 0 Å². The van der Waals surface area contributed by atoms with Gasteiger partial charge in [0.15, 0.2) is 0 Å². The van der Waals surface area contributed by atoms with Crippen LogP contribution >= 0.6 is 0 Å². The molecule has 2 aromatic carbocycles. The van der Waals surface area contributed by atoms with E-state index in [4.69, 9.17) is 0 Å². The van der Waals surface area contributed by atoms with Crippen molar-refractivity contribution in [1.29, 1.82) is 0 Å². The molecule has 0 saturated heterocycles.